The van der Waals surface area contributed by atoms with E-state index in [1.165, 1.54) is 25.1 Å². The van der Waals surface area contributed by atoms with Crippen LogP contribution < -0.4 is 10.2 Å². The van der Waals surface area contributed by atoms with Gasteiger partial charge in [0.05, 0.1) is 5.56 Å². The molecule has 126 valence electrons. The second-order valence-corrected chi connectivity index (χ2v) is 5.49. The average molecular weight is 330 g/mol. The van der Waals surface area contributed by atoms with Gasteiger partial charge in [0.2, 0.25) is 0 Å². The number of nitrogens with zero attached hydrogens (tertiary/aromatic N) is 1. The van der Waals surface area contributed by atoms with E-state index in [2.05, 4.69) is 5.32 Å². The van der Waals surface area contributed by atoms with Crippen molar-refractivity contribution < 1.29 is 18.7 Å². The zero-order valence-corrected chi connectivity index (χ0v) is 13.7. The summed E-state index contributed by atoms with van der Waals surface area (Å²) < 4.78 is 18.2. The topological polar surface area (TPSA) is 58.6 Å². The van der Waals surface area contributed by atoms with E-state index in [0.29, 0.717) is 5.69 Å². The first-order valence-electron chi connectivity index (χ1n) is 7.41. The maximum Gasteiger partial charge on any atom is 0.339 e. The van der Waals surface area contributed by atoms with Crippen molar-refractivity contribution in [2.24, 2.45) is 0 Å². The van der Waals surface area contributed by atoms with Gasteiger partial charge >= 0.3 is 5.97 Å². The maximum absolute atomic E-state index is 13.1. The molecular formula is C18H19FN2O3. The van der Waals surface area contributed by atoms with E-state index in [0.717, 1.165) is 11.8 Å². The summed E-state index contributed by atoms with van der Waals surface area (Å²) in [5.74, 6) is -1.75. The van der Waals surface area contributed by atoms with Crippen LogP contribution in [0.4, 0.5) is 15.8 Å². The fraction of sp³-hybridized carbons (Fsp3) is 0.222. The van der Waals surface area contributed by atoms with E-state index in [1.807, 2.05) is 31.1 Å². The molecular weight excluding hydrogens is 311 g/mol. The number of carbonyl (C=O) groups excluding carboxylic acids is 2. The van der Waals surface area contributed by atoms with Crippen molar-refractivity contribution in [1.29, 1.82) is 0 Å². The van der Waals surface area contributed by atoms with Gasteiger partial charge in [-0.2, -0.15) is 0 Å². The van der Waals surface area contributed by atoms with Gasteiger partial charge in [0.15, 0.2) is 6.10 Å². The van der Waals surface area contributed by atoms with Crippen molar-refractivity contribution in [3.8, 4) is 0 Å². The molecule has 0 fully saturated rings. The first kappa shape index (κ1) is 17.5. The highest BCUT2D eigenvalue weighted by atomic mass is 19.1. The summed E-state index contributed by atoms with van der Waals surface area (Å²) >= 11 is 0. The number of hydrogen-bond acceptors (Lipinski definition) is 4. The van der Waals surface area contributed by atoms with Crippen LogP contribution >= 0.6 is 0 Å². The lowest BCUT2D eigenvalue weighted by molar-refractivity contribution is -0.123. The third-order valence-corrected chi connectivity index (χ3v) is 3.36. The summed E-state index contributed by atoms with van der Waals surface area (Å²) in [7, 11) is 3.84. The molecule has 0 aliphatic heterocycles. The third kappa shape index (κ3) is 4.55. The first-order valence-corrected chi connectivity index (χ1v) is 7.41. The van der Waals surface area contributed by atoms with Crippen molar-refractivity contribution in [2.75, 3.05) is 24.3 Å². The molecule has 2 aromatic rings. The molecule has 5 nitrogen and oxygen atoms in total. The minimum Gasteiger partial charge on any atom is -0.449 e. The summed E-state index contributed by atoms with van der Waals surface area (Å²) in [5, 5.41) is 2.67. The second-order valence-electron chi connectivity index (χ2n) is 5.49. The molecule has 1 amide bonds. The normalized spacial score (nSPS) is 11.5. The average Bonchev–Trinajstić information content (AvgIpc) is 2.55. The zero-order valence-electron chi connectivity index (χ0n) is 13.7. The predicted octanol–water partition coefficient (Wildman–Crippen LogP) is 3.08. The number of amides is 1. The molecule has 0 aliphatic rings. The number of nitrogens with one attached hydrogen (secondary N) is 1. The van der Waals surface area contributed by atoms with Gasteiger partial charge in [-0.15, -0.1) is 0 Å². The number of carbonyl (C=O) groups is 2. The minimum atomic E-state index is -1.01. The highest BCUT2D eigenvalue weighted by molar-refractivity contribution is 5.97. The van der Waals surface area contributed by atoms with Crippen LogP contribution in [0.25, 0.3) is 0 Å². The molecule has 0 heterocycles. The lowest BCUT2D eigenvalue weighted by Crippen LogP contribution is -2.30. The van der Waals surface area contributed by atoms with E-state index in [1.54, 1.807) is 12.1 Å². The highest BCUT2D eigenvalue weighted by Crippen LogP contribution is 2.16. The van der Waals surface area contributed by atoms with Gasteiger partial charge in [-0.3, -0.25) is 4.79 Å². The molecule has 0 saturated heterocycles. The van der Waals surface area contributed by atoms with Crippen LogP contribution in [0.1, 0.15) is 17.3 Å². The largest absolute Gasteiger partial charge is 0.449 e. The van der Waals surface area contributed by atoms with Crippen molar-refractivity contribution in [1.82, 2.24) is 0 Å². The van der Waals surface area contributed by atoms with Crippen molar-refractivity contribution in [3.63, 3.8) is 0 Å². The summed E-state index contributed by atoms with van der Waals surface area (Å²) in [4.78, 5) is 25.9. The second kappa shape index (κ2) is 7.59. The third-order valence-electron chi connectivity index (χ3n) is 3.36. The van der Waals surface area contributed by atoms with Crippen LogP contribution in [-0.2, 0) is 9.53 Å². The van der Waals surface area contributed by atoms with Crippen molar-refractivity contribution in [2.45, 2.75) is 13.0 Å². The van der Waals surface area contributed by atoms with Gasteiger partial charge in [-0.05, 0) is 49.4 Å². The summed E-state index contributed by atoms with van der Waals surface area (Å²) in [5.41, 5.74) is 1.66. The summed E-state index contributed by atoms with van der Waals surface area (Å²) in [6.45, 7) is 1.46. The molecule has 0 radical (unpaired) electrons. The van der Waals surface area contributed by atoms with Gasteiger partial charge in [0.25, 0.3) is 5.91 Å². The fourth-order valence-electron chi connectivity index (χ4n) is 1.98. The van der Waals surface area contributed by atoms with Crippen LogP contribution in [0, 0.1) is 5.82 Å². The number of halogens is 1. The Kier molecular flexibility index (Phi) is 5.52. The van der Waals surface area contributed by atoms with Crippen LogP contribution in [0.15, 0.2) is 48.5 Å². The van der Waals surface area contributed by atoms with E-state index < -0.39 is 23.8 Å². The lowest BCUT2D eigenvalue weighted by atomic mass is 10.2. The molecule has 0 aromatic heterocycles. The van der Waals surface area contributed by atoms with Gasteiger partial charge in [0, 0.05) is 25.5 Å². The van der Waals surface area contributed by atoms with Crippen LogP contribution in [0.5, 0.6) is 0 Å². The summed E-state index contributed by atoms with van der Waals surface area (Å²) in [6.07, 6.45) is -1.01. The number of hydrogen-bond donors (Lipinski definition) is 1. The quantitative estimate of drug-likeness (QED) is 0.856. The molecule has 0 aliphatic carbocycles. The Bertz CT molecular complexity index is 729. The Balaban J connectivity index is 1.95. The maximum atomic E-state index is 13.1. The van der Waals surface area contributed by atoms with E-state index in [-0.39, 0.29) is 5.56 Å². The predicted molar refractivity (Wildman–Crippen MR) is 90.7 cm³/mol. The fourth-order valence-corrected chi connectivity index (χ4v) is 1.98. The van der Waals surface area contributed by atoms with Crippen LogP contribution in [0.3, 0.4) is 0 Å². The lowest BCUT2D eigenvalue weighted by Gasteiger charge is -2.15. The smallest absolute Gasteiger partial charge is 0.339 e. The molecule has 2 aromatic carbocycles. The Morgan fingerprint density at radius 3 is 2.38 bits per heavy atom. The SMILES string of the molecule is CC(OC(=O)c1cccc(F)c1)C(=O)Nc1ccc(N(C)C)cc1. The molecule has 0 spiro atoms. The molecule has 24 heavy (non-hydrogen) atoms. The van der Waals surface area contributed by atoms with Crippen molar-refractivity contribution >= 4 is 23.3 Å². The van der Waals surface area contributed by atoms with Crippen molar-refractivity contribution in [3.05, 3.63) is 59.9 Å². The van der Waals surface area contributed by atoms with Gasteiger partial charge in [-0.25, -0.2) is 9.18 Å². The number of rotatable bonds is 5. The molecule has 0 saturated carbocycles. The first-order chi connectivity index (χ1) is 11.4. The Hall–Kier alpha value is -2.89. The molecule has 1 atom stereocenters. The Morgan fingerprint density at radius 1 is 1.12 bits per heavy atom. The van der Waals surface area contributed by atoms with E-state index in [4.69, 9.17) is 4.74 Å². The monoisotopic (exact) mass is 330 g/mol. The van der Waals surface area contributed by atoms with Crippen LogP contribution in [0.2, 0.25) is 0 Å². The molecule has 1 N–H and O–H groups in total. The van der Waals surface area contributed by atoms with Gasteiger partial charge < -0.3 is 15.0 Å². The number of ether oxygens (including phenoxy) is 1. The van der Waals surface area contributed by atoms with Gasteiger partial charge in [-0.1, -0.05) is 6.07 Å². The molecule has 1 unspecified atom stereocenters. The zero-order chi connectivity index (χ0) is 17.7. The number of benzene rings is 2. The standard InChI is InChI=1S/C18H19FN2O3/c1-12(24-18(23)13-5-4-6-14(19)11-13)17(22)20-15-7-9-16(10-8-15)21(2)3/h4-12H,1-3H3,(H,20,22). The number of anilines is 2. The summed E-state index contributed by atoms with van der Waals surface area (Å²) in [6, 6.07) is 12.4. The Morgan fingerprint density at radius 2 is 1.79 bits per heavy atom. The van der Waals surface area contributed by atoms with E-state index in [9.17, 15) is 14.0 Å². The van der Waals surface area contributed by atoms with Crippen LogP contribution in [-0.4, -0.2) is 32.1 Å². The Labute approximate surface area is 140 Å². The number of esters is 1. The molecule has 6 heteroatoms. The van der Waals surface area contributed by atoms with E-state index >= 15 is 0 Å². The molecule has 0 bridgehead atoms. The minimum absolute atomic E-state index is 0.0602. The molecule has 2 rings (SSSR count). The highest BCUT2D eigenvalue weighted by Gasteiger charge is 2.19. The van der Waals surface area contributed by atoms with Gasteiger partial charge in [0.1, 0.15) is 5.82 Å².